The third-order valence-corrected chi connectivity index (χ3v) is 2.10. The maximum atomic E-state index is 13.3. The van der Waals surface area contributed by atoms with Gasteiger partial charge in [0.25, 0.3) is 5.69 Å². The van der Waals surface area contributed by atoms with E-state index in [9.17, 15) is 29.4 Å². The van der Waals surface area contributed by atoms with Gasteiger partial charge in [-0.05, 0) is 6.07 Å². The maximum absolute atomic E-state index is 13.3. The number of carbonyl (C=O) groups is 1. The van der Waals surface area contributed by atoms with E-state index in [-0.39, 0.29) is 5.56 Å². The zero-order chi connectivity index (χ0) is 13.9. The smallest absolute Gasteiger partial charge is 0.311 e. The van der Waals surface area contributed by atoms with Crippen LogP contribution < -0.4 is 0 Å². The first-order valence-electron chi connectivity index (χ1n) is 4.54. The number of halogens is 1. The highest BCUT2D eigenvalue weighted by molar-refractivity contribution is 5.74. The second kappa shape index (κ2) is 5.17. The molecule has 0 atom stereocenters. The van der Waals surface area contributed by atoms with Crippen molar-refractivity contribution >= 4 is 17.3 Å². The summed E-state index contributed by atoms with van der Waals surface area (Å²) in [6.45, 7) is 0. The van der Waals surface area contributed by atoms with Crippen LogP contribution in [0.25, 0.3) is 0 Å². The minimum atomic E-state index is -1.25. The van der Waals surface area contributed by atoms with Gasteiger partial charge in [-0.15, -0.1) is 0 Å². The van der Waals surface area contributed by atoms with Crippen LogP contribution in [0.1, 0.15) is 5.56 Å². The van der Waals surface area contributed by atoms with Crippen molar-refractivity contribution < 1.29 is 23.8 Å². The minimum Gasteiger partial charge on any atom is -0.469 e. The molecule has 0 saturated heterocycles. The molecule has 0 amide bonds. The number of methoxy groups -OCH3 is 1. The Balaban J connectivity index is 3.33. The Morgan fingerprint density at radius 2 is 1.83 bits per heavy atom. The van der Waals surface area contributed by atoms with Crippen LogP contribution in [0.15, 0.2) is 12.1 Å². The fourth-order valence-electron chi connectivity index (χ4n) is 1.27. The van der Waals surface area contributed by atoms with Gasteiger partial charge in [0.05, 0.1) is 29.4 Å². The molecular weight excluding hydrogens is 251 g/mol. The largest absolute Gasteiger partial charge is 0.469 e. The van der Waals surface area contributed by atoms with Crippen molar-refractivity contribution in [3.05, 3.63) is 43.7 Å². The number of nitro groups is 2. The number of nitrogens with zero attached hydrogens (tertiary/aromatic N) is 2. The number of ether oxygens (including phenoxy) is 1. The predicted molar refractivity (Wildman–Crippen MR) is 55.4 cm³/mol. The molecule has 0 N–H and O–H groups in total. The second-order valence-corrected chi connectivity index (χ2v) is 3.20. The van der Waals surface area contributed by atoms with Crippen LogP contribution in [0.3, 0.4) is 0 Å². The standard InChI is InChI=1S/C9H7FN2O6/c1-18-9(13)3-5-2-6(10)8(12(16)17)4-7(5)11(14)15/h2,4H,3H2,1H3. The fourth-order valence-corrected chi connectivity index (χ4v) is 1.27. The van der Waals surface area contributed by atoms with Gasteiger partial charge in [0.2, 0.25) is 5.82 Å². The van der Waals surface area contributed by atoms with Gasteiger partial charge in [-0.1, -0.05) is 0 Å². The summed E-state index contributed by atoms with van der Waals surface area (Å²) in [4.78, 5) is 30.1. The van der Waals surface area contributed by atoms with Gasteiger partial charge in [0.1, 0.15) is 0 Å². The summed E-state index contributed by atoms with van der Waals surface area (Å²) in [6.07, 6.45) is -0.540. The molecular formula is C9H7FN2O6. The molecule has 0 fully saturated rings. The molecule has 9 heteroatoms. The van der Waals surface area contributed by atoms with Crippen LogP contribution in [0, 0.1) is 26.0 Å². The number of carbonyl (C=O) groups excluding carboxylic acids is 1. The zero-order valence-electron chi connectivity index (χ0n) is 9.08. The van der Waals surface area contributed by atoms with Gasteiger partial charge in [0.15, 0.2) is 0 Å². The summed E-state index contributed by atoms with van der Waals surface area (Å²) < 4.78 is 17.6. The molecule has 0 aliphatic heterocycles. The molecule has 8 nitrogen and oxygen atoms in total. The Morgan fingerprint density at radius 1 is 1.28 bits per heavy atom. The van der Waals surface area contributed by atoms with Crippen molar-refractivity contribution in [1.82, 2.24) is 0 Å². The van der Waals surface area contributed by atoms with Crippen molar-refractivity contribution in [3.8, 4) is 0 Å². The van der Waals surface area contributed by atoms with E-state index < -0.39 is 39.4 Å². The molecule has 0 aromatic heterocycles. The number of rotatable bonds is 4. The molecule has 18 heavy (non-hydrogen) atoms. The summed E-state index contributed by atoms with van der Waals surface area (Å²) in [5.41, 5.74) is -2.00. The van der Waals surface area contributed by atoms with Gasteiger partial charge in [-0.25, -0.2) is 0 Å². The molecule has 0 heterocycles. The Bertz CT molecular complexity index is 530. The highest BCUT2D eigenvalue weighted by Crippen LogP contribution is 2.28. The topological polar surface area (TPSA) is 113 Å². The van der Waals surface area contributed by atoms with Gasteiger partial charge in [-0.3, -0.25) is 25.0 Å². The van der Waals surface area contributed by atoms with Crippen molar-refractivity contribution in [2.45, 2.75) is 6.42 Å². The monoisotopic (exact) mass is 258 g/mol. The van der Waals surface area contributed by atoms with E-state index in [1.807, 2.05) is 0 Å². The average Bonchev–Trinajstić information content (AvgIpc) is 2.27. The normalized spacial score (nSPS) is 9.89. The first-order valence-corrected chi connectivity index (χ1v) is 4.54. The van der Waals surface area contributed by atoms with Gasteiger partial charge in [0, 0.05) is 5.56 Å². The number of nitro benzene ring substituents is 2. The number of benzene rings is 1. The van der Waals surface area contributed by atoms with Crippen LogP contribution in [0.2, 0.25) is 0 Å². The summed E-state index contributed by atoms with van der Waals surface area (Å²) in [6, 6.07) is 1.07. The molecule has 0 spiro atoms. The molecule has 1 aromatic carbocycles. The first kappa shape index (κ1) is 13.5. The van der Waals surface area contributed by atoms with Crippen LogP contribution in [-0.4, -0.2) is 22.9 Å². The highest BCUT2D eigenvalue weighted by Gasteiger charge is 2.25. The Labute approximate surface area is 99.3 Å². The summed E-state index contributed by atoms with van der Waals surface area (Å²) in [5.74, 6) is -2.06. The summed E-state index contributed by atoms with van der Waals surface area (Å²) in [5, 5.41) is 21.1. The van der Waals surface area contributed by atoms with Crippen LogP contribution >= 0.6 is 0 Å². The van der Waals surface area contributed by atoms with Crippen molar-refractivity contribution in [3.63, 3.8) is 0 Å². The predicted octanol–water partition coefficient (Wildman–Crippen LogP) is 1.36. The Hall–Kier alpha value is -2.58. The van der Waals surface area contributed by atoms with E-state index in [4.69, 9.17) is 0 Å². The third-order valence-electron chi connectivity index (χ3n) is 2.10. The van der Waals surface area contributed by atoms with Gasteiger partial charge >= 0.3 is 11.7 Å². The number of hydrogen-bond donors (Lipinski definition) is 0. The fraction of sp³-hybridized carbons (Fsp3) is 0.222. The Kier molecular flexibility index (Phi) is 3.87. The van der Waals surface area contributed by atoms with Crippen molar-refractivity contribution in [2.75, 3.05) is 7.11 Å². The molecule has 0 unspecified atom stereocenters. The van der Waals surface area contributed by atoms with Gasteiger partial charge in [-0.2, -0.15) is 4.39 Å². The molecule has 0 aliphatic carbocycles. The molecule has 1 rings (SSSR count). The molecule has 0 bridgehead atoms. The van der Waals surface area contributed by atoms with E-state index in [0.29, 0.717) is 12.1 Å². The SMILES string of the molecule is COC(=O)Cc1cc(F)c([N+](=O)[O-])cc1[N+](=O)[O-]. The minimum absolute atomic E-state index is 0.282. The lowest BCUT2D eigenvalue weighted by Crippen LogP contribution is -2.08. The average molecular weight is 258 g/mol. The van der Waals surface area contributed by atoms with Crippen LogP contribution in [0.4, 0.5) is 15.8 Å². The summed E-state index contributed by atoms with van der Waals surface area (Å²) >= 11 is 0. The lowest BCUT2D eigenvalue weighted by molar-refractivity contribution is -0.396. The molecule has 1 aromatic rings. The second-order valence-electron chi connectivity index (χ2n) is 3.20. The quantitative estimate of drug-likeness (QED) is 0.457. The molecule has 96 valence electrons. The molecule has 0 radical (unpaired) electrons. The van der Waals surface area contributed by atoms with Crippen molar-refractivity contribution in [1.29, 1.82) is 0 Å². The van der Waals surface area contributed by atoms with Crippen molar-refractivity contribution in [2.24, 2.45) is 0 Å². The zero-order valence-corrected chi connectivity index (χ0v) is 9.08. The maximum Gasteiger partial charge on any atom is 0.311 e. The Morgan fingerprint density at radius 3 is 2.28 bits per heavy atom. The number of hydrogen-bond acceptors (Lipinski definition) is 6. The van der Waals surface area contributed by atoms with Crippen LogP contribution in [-0.2, 0) is 16.0 Å². The van der Waals surface area contributed by atoms with Gasteiger partial charge < -0.3 is 4.74 Å². The van der Waals surface area contributed by atoms with E-state index in [1.54, 1.807) is 0 Å². The lowest BCUT2D eigenvalue weighted by atomic mass is 10.1. The van der Waals surface area contributed by atoms with E-state index in [0.717, 1.165) is 7.11 Å². The summed E-state index contributed by atoms with van der Waals surface area (Å²) in [7, 11) is 1.07. The molecule has 0 saturated carbocycles. The third kappa shape index (κ3) is 2.75. The van der Waals surface area contributed by atoms with E-state index in [1.165, 1.54) is 0 Å². The highest BCUT2D eigenvalue weighted by atomic mass is 19.1. The van der Waals surface area contributed by atoms with Crippen LogP contribution in [0.5, 0.6) is 0 Å². The molecule has 0 aliphatic rings. The lowest BCUT2D eigenvalue weighted by Gasteiger charge is -2.02. The van der Waals surface area contributed by atoms with E-state index in [2.05, 4.69) is 4.74 Å². The first-order chi connectivity index (χ1) is 8.36. The number of esters is 1. The van der Waals surface area contributed by atoms with E-state index >= 15 is 0 Å².